The molecule has 1 aromatic heterocycles. The minimum atomic E-state index is 0.150. The Balaban J connectivity index is 2.35. The van der Waals surface area contributed by atoms with Gasteiger partial charge in [0.25, 0.3) is 0 Å². The van der Waals surface area contributed by atoms with Crippen molar-refractivity contribution in [3.05, 3.63) is 59.4 Å². The van der Waals surface area contributed by atoms with Crippen molar-refractivity contribution >= 4 is 0 Å². The SMILES string of the molecule is CCCNC(c1cncc(C)c1)c1cccc(OC)c1. The lowest BCUT2D eigenvalue weighted by Gasteiger charge is -2.20. The standard InChI is InChI=1S/C17H22N2O/c1-4-8-19-17(15-9-13(2)11-18-12-15)14-6-5-7-16(10-14)20-3/h5-7,9-12,17,19H,4,8H2,1-3H3. The van der Waals surface area contributed by atoms with Crippen LogP contribution in [0.1, 0.15) is 36.1 Å². The normalized spacial score (nSPS) is 12.2. The van der Waals surface area contributed by atoms with Crippen LogP contribution in [0.15, 0.2) is 42.7 Å². The molecule has 1 aromatic carbocycles. The molecule has 106 valence electrons. The van der Waals surface area contributed by atoms with Gasteiger partial charge in [0, 0.05) is 12.4 Å². The van der Waals surface area contributed by atoms with Gasteiger partial charge in [-0.1, -0.05) is 25.1 Å². The maximum atomic E-state index is 5.33. The van der Waals surface area contributed by atoms with Crippen LogP contribution in [0.2, 0.25) is 0 Å². The van der Waals surface area contributed by atoms with Crippen molar-refractivity contribution < 1.29 is 4.74 Å². The Kier molecular flexibility index (Phi) is 5.13. The zero-order chi connectivity index (χ0) is 14.4. The van der Waals surface area contributed by atoms with E-state index in [1.54, 1.807) is 7.11 Å². The van der Waals surface area contributed by atoms with Gasteiger partial charge in [-0.15, -0.1) is 0 Å². The number of ether oxygens (including phenoxy) is 1. The van der Waals surface area contributed by atoms with Gasteiger partial charge in [-0.2, -0.15) is 0 Å². The second-order valence-corrected chi connectivity index (χ2v) is 4.96. The van der Waals surface area contributed by atoms with Crippen LogP contribution in [0.25, 0.3) is 0 Å². The van der Waals surface area contributed by atoms with Gasteiger partial charge in [-0.3, -0.25) is 4.98 Å². The Labute approximate surface area is 121 Å². The molecule has 2 aromatic rings. The van der Waals surface area contributed by atoms with E-state index in [2.05, 4.69) is 42.3 Å². The molecule has 3 heteroatoms. The molecule has 0 aliphatic carbocycles. The van der Waals surface area contributed by atoms with Crippen molar-refractivity contribution in [1.82, 2.24) is 10.3 Å². The number of hydrogen-bond acceptors (Lipinski definition) is 3. The van der Waals surface area contributed by atoms with E-state index >= 15 is 0 Å². The summed E-state index contributed by atoms with van der Waals surface area (Å²) in [5, 5.41) is 3.58. The predicted molar refractivity (Wildman–Crippen MR) is 82.1 cm³/mol. The van der Waals surface area contributed by atoms with Crippen molar-refractivity contribution in [2.45, 2.75) is 26.3 Å². The van der Waals surface area contributed by atoms with Crippen LogP contribution in [0.5, 0.6) is 5.75 Å². The summed E-state index contributed by atoms with van der Waals surface area (Å²) >= 11 is 0. The van der Waals surface area contributed by atoms with Gasteiger partial charge >= 0.3 is 0 Å². The van der Waals surface area contributed by atoms with Crippen LogP contribution >= 0.6 is 0 Å². The number of pyridine rings is 1. The molecule has 0 amide bonds. The molecule has 0 saturated heterocycles. The Morgan fingerprint density at radius 3 is 2.75 bits per heavy atom. The predicted octanol–water partition coefficient (Wildman–Crippen LogP) is 3.49. The molecule has 1 N–H and O–H groups in total. The molecule has 0 aliphatic heterocycles. The highest BCUT2D eigenvalue weighted by molar-refractivity contribution is 5.36. The molecule has 0 aliphatic rings. The fourth-order valence-electron chi connectivity index (χ4n) is 2.27. The van der Waals surface area contributed by atoms with E-state index in [0.29, 0.717) is 0 Å². The monoisotopic (exact) mass is 270 g/mol. The molecule has 20 heavy (non-hydrogen) atoms. The molecule has 1 atom stereocenters. The van der Waals surface area contributed by atoms with Crippen molar-refractivity contribution in [1.29, 1.82) is 0 Å². The number of methoxy groups -OCH3 is 1. The minimum absolute atomic E-state index is 0.150. The molecule has 2 rings (SSSR count). The molecule has 0 saturated carbocycles. The molecule has 1 unspecified atom stereocenters. The number of aromatic nitrogens is 1. The molecule has 3 nitrogen and oxygen atoms in total. The Morgan fingerprint density at radius 2 is 2.05 bits per heavy atom. The Bertz CT molecular complexity index is 554. The highest BCUT2D eigenvalue weighted by atomic mass is 16.5. The Morgan fingerprint density at radius 1 is 1.20 bits per heavy atom. The molecule has 0 radical (unpaired) electrons. The average molecular weight is 270 g/mol. The Hall–Kier alpha value is -1.87. The molecular formula is C17H22N2O. The quantitative estimate of drug-likeness (QED) is 0.872. The van der Waals surface area contributed by atoms with E-state index in [0.717, 1.165) is 18.7 Å². The van der Waals surface area contributed by atoms with Gasteiger partial charge < -0.3 is 10.1 Å². The first-order chi connectivity index (χ1) is 9.74. The zero-order valence-electron chi connectivity index (χ0n) is 12.4. The summed E-state index contributed by atoms with van der Waals surface area (Å²) in [6.45, 7) is 5.21. The average Bonchev–Trinajstić information content (AvgIpc) is 2.48. The summed E-state index contributed by atoms with van der Waals surface area (Å²) < 4.78 is 5.33. The first-order valence-electron chi connectivity index (χ1n) is 7.03. The van der Waals surface area contributed by atoms with Gasteiger partial charge in [-0.25, -0.2) is 0 Å². The number of hydrogen-bond donors (Lipinski definition) is 1. The molecular weight excluding hydrogens is 248 g/mol. The highest BCUT2D eigenvalue weighted by Gasteiger charge is 2.14. The van der Waals surface area contributed by atoms with Crippen molar-refractivity contribution in [2.24, 2.45) is 0 Å². The van der Waals surface area contributed by atoms with Crippen LogP contribution in [0, 0.1) is 6.92 Å². The zero-order valence-corrected chi connectivity index (χ0v) is 12.4. The van der Waals surface area contributed by atoms with Crippen LogP contribution in [0.3, 0.4) is 0 Å². The van der Waals surface area contributed by atoms with E-state index < -0.39 is 0 Å². The summed E-state index contributed by atoms with van der Waals surface area (Å²) in [6, 6.07) is 10.5. The molecule has 0 bridgehead atoms. The lowest BCUT2D eigenvalue weighted by Crippen LogP contribution is -2.23. The number of benzene rings is 1. The van der Waals surface area contributed by atoms with Gasteiger partial charge in [0.2, 0.25) is 0 Å². The lowest BCUT2D eigenvalue weighted by atomic mass is 9.99. The fourth-order valence-corrected chi connectivity index (χ4v) is 2.27. The van der Waals surface area contributed by atoms with E-state index in [9.17, 15) is 0 Å². The van der Waals surface area contributed by atoms with Crippen LogP contribution in [-0.2, 0) is 0 Å². The summed E-state index contributed by atoms with van der Waals surface area (Å²) in [5.41, 5.74) is 3.56. The third-order valence-corrected chi connectivity index (χ3v) is 3.26. The van der Waals surface area contributed by atoms with Crippen LogP contribution in [-0.4, -0.2) is 18.6 Å². The van der Waals surface area contributed by atoms with E-state index in [1.165, 1.54) is 16.7 Å². The minimum Gasteiger partial charge on any atom is -0.497 e. The topological polar surface area (TPSA) is 34.2 Å². The fraction of sp³-hybridized carbons (Fsp3) is 0.353. The third-order valence-electron chi connectivity index (χ3n) is 3.26. The smallest absolute Gasteiger partial charge is 0.119 e. The van der Waals surface area contributed by atoms with Crippen molar-refractivity contribution in [2.75, 3.05) is 13.7 Å². The maximum Gasteiger partial charge on any atom is 0.119 e. The molecule has 0 spiro atoms. The molecule has 1 heterocycles. The van der Waals surface area contributed by atoms with Crippen molar-refractivity contribution in [3.63, 3.8) is 0 Å². The summed E-state index contributed by atoms with van der Waals surface area (Å²) in [6.07, 6.45) is 4.91. The van der Waals surface area contributed by atoms with E-state index in [4.69, 9.17) is 4.74 Å². The first kappa shape index (κ1) is 14.5. The lowest BCUT2D eigenvalue weighted by molar-refractivity contribution is 0.413. The van der Waals surface area contributed by atoms with Crippen LogP contribution in [0.4, 0.5) is 0 Å². The van der Waals surface area contributed by atoms with Gasteiger partial charge in [0.15, 0.2) is 0 Å². The number of nitrogens with one attached hydrogen (secondary N) is 1. The van der Waals surface area contributed by atoms with Gasteiger partial charge in [-0.05, 0) is 48.7 Å². The molecule has 0 fully saturated rings. The van der Waals surface area contributed by atoms with Crippen LogP contribution < -0.4 is 10.1 Å². The second-order valence-electron chi connectivity index (χ2n) is 4.96. The maximum absolute atomic E-state index is 5.33. The summed E-state index contributed by atoms with van der Waals surface area (Å²) in [5.74, 6) is 0.881. The van der Waals surface area contributed by atoms with Crippen molar-refractivity contribution in [3.8, 4) is 5.75 Å². The van der Waals surface area contributed by atoms with E-state index in [-0.39, 0.29) is 6.04 Å². The number of aryl methyl sites for hydroxylation is 1. The summed E-state index contributed by atoms with van der Waals surface area (Å²) in [4.78, 5) is 4.31. The second kappa shape index (κ2) is 7.06. The largest absolute Gasteiger partial charge is 0.497 e. The van der Waals surface area contributed by atoms with Gasteiger partial charge in [0.05, 0.1) is 13.2 Å². The first-order valence-corrected chi connectivity index (χ1v) is 7.03. The number of rotatable bonds is 6. The highest BCUT2D eigenvalue weighted by Crippen LogP contribution is 2.25. The number of nitrogens with zero attached hydrogens (tertiary/aromatic N) is 1. The van der Waals surface area contributed by atoms with Gasteiger partial charge in [0.1, 0.15) is 5.75 Å². The third kappa shape index (κ3) is 3.58. The summed E-state index contributed by atoms with van der Waals surface area (Å²) in [7, 11) is 1.70. The van der Waals surface area contributed by atoms with E-state index in [1.807, 2.05) is 24.5 Å².